The second-order valence-electron chi connectivity index (χ2n) is 6.18. The van der Waals surface area contributed by atoms with Gasteiger partial charge in [0.2, 0.25) is 11.1 Å². The highest BCUT2D eigenvalue weighted by molar-refractivity contribution is 7.99. The Kier molecular flexibility index (Phi) is 5.76. The summed E-state index contributed by atoms with van der Waals surface area (Å²) >= 11 is 13.5. The van der Waals surface area contributed by atoms with Crippen LogP contribution in [0.25, 0.3) is 11.4 Å². The lowest BCUT2D eigenvalue weighted by molar-refractivity contribution is -0.130. The Bertz CT molecular complexity index is 782. The number of rotatable bonds is 4. The minimum Gasteiger partial charge on any atom is -0.342 e. The third kappa shape index (κ3) is 4.22. The van der Waals surface area contributed by atoms with E-state index in [9.17, 15) is 4.79 Å². The van der Waals surface area contributed by atoms with Gasteiger partial charge >= 0.3 is 0 Å². The first-order valence-corrected chi connectivity index (χ1v) is 9.76. The summed E-state index contributed by atoms with van der Waals surface area (Å²) in [5.74, 6) is 7.43. The maximum atomic E-state index is 12.4. The number of amides is 1. The van der Waals surface area contributed by atoms with Crippen molar-refractivity contribution in [3.05, 3.63) is 28.2 Å². The predicted molar refractivity (Wildman–Crippen MR) is 101 cm³/mol. The highest BCUT2D eigenvalue weighted by Gasteiger charge is 2.22. The fraction of sp³-hybridized carbons (Fsp3) is 0.438. The lowest BCUT2D eigenvalue weighted by Gasteiger charge is -2.30. The standard InChI is InChI=1S/C16H19Cl2N5OS/c1-10-3-2-6-22(8-10)14(24)9-25-16-21-20-15(23(16)19)12-7-11(17)4-5-13(12)18/h4-5,7,10H,2-3,6,8-9,19H2,1H3. The summed E-state index contributed by atoms with van der Waals surface area (Å²) in [4.78, 5) is 14.3. The van der Waals surface area contributed by atoms with Gasteiger partial charge in [-0.05, 0) is 37.0 Å². The average molecular weight is 400 g/mol. The van der Waals surface area contributed by atoms with Crippen LogP contribution in [-0.4, -0.2) is 44.5 Å². The molecule has 1 atom stereocenters. The van der Waals surface area contributed by atoms with Crippen molar-refractivity contribution in [3.63, 3.8) is 0 Å². The molecule has 0 aliphatic carbocycles. The first kappa shape index (κ1) is 18.4. The van der Waals surface area contributed by atoms with Crippen LogP contribution in [0.4, 0.5) is 0 Å². The Labute approximate surface area is 160 Å². The van der Waals surface area contributed by atoms with Crippen molar-refractivity contribution >= 4 is 40.9 Å². The molecule has 1 aromatic heterocycles. The number of benzene rings is 1. The van der Waals surface area contributed by atoms with E-state index in [1.165, 1.54) is 22.9 Å². The Hall–Kier alpha value is -1.44. The number of thioether (sulfide) groups is 1. The number of likely N-dealkylation sites (tertiary alicyclic amines) is 1. The molecular formula is C16H19Cl2N5OS. The van der Waals surface area contributed by atoms with E-state index in [4.69, 9.17) is 29.0 Å². The number of hydrogen-bond acceptors (Lipinski definition) is 5. The zero-order valence-corrected chi connectivity index (χ0v) is 16.1. The van der Waals surface area contributed by atoms with Crippen LogP contribution in [0.1, 0.15) is 19.8 Å². The van der Waals surface area contributed by atoms with Crippen molar-refractivity contribution in [2.24, 2.45) is 5.92 Å². The Morgan fingerprint density at radius 3 is 2.96 bits per heavy atom. The number of nitrogens with zero attached hydrogens (tertiary/aromatic N) is 4. The quantitative estimate of drug-likeness (QED) is 0.630. The van der Waals surface area contributed by atoms with Gasteiger partial charge in [0.25, 0.3) is 0 Å². The van der Waals surface area contributed by atoms with Crippen LogP contribution in [0.5, 0.6) is 0 Å². The number of halogens is 2. The molecule has 3 rings (SSSR count). The van der Waals surface area contributed by atoms with Crippen molar-refractivity contribution in [2.75, 3.05) is 24.7 Å². The van der Waals surface area contributed by atoms with Crippen molar-refractivity contribution in [1.29, 1.82) is 0 Å². The zero-order chi connectivity index (χ0) is 18.0. The lowest BCUT2D eigenvalue weighted by atomic mass is 10.0. The van der Waals surface area contributed by atoms with Crippen molar-refractivity contribution in [1.82, 2.24) is 19.8 Å². The van der Waals surface area contributed by atoms with Gasteiger partial charge < -0.3 is 10.7 Å². The summed E-state index contributed by atoms with van der Waals surface area (Å²) in [6, 6.07) is 5.06. The van der Waals surface area contributed by atoms with Crippen molar-refractivity contribution < 1.29 is 4.79 Å². The first-order valence-electron chi connectivity index (χ1n) is 8.02. The largest absolute Gasteiger partial charge is 0.342 e. The molecule has 0 spiro atoms. The molecule has 0 saturated carbocycles. The number of carbonyl (C=O) groups excluding carboxylic acids is 1. The molecule has 0 bridgehead atoms. The smallest absolute Gasteiger partial charge is 0.233 e. The molecule has 25 heavy (non-hydrogen) atoms. The Morgan fingerprint density at radius 1 is 1.40 bits per heavy atom. The van der Waals surface area contributed by atoms with E-state index >= 15 is 0 Å². The maximum Gasteiger partial charge on any atom is 0.233 e. The third-order valence-electron chi connectivity index (χ3n) is 4.17. The maximum absolute atomic E-state index is 12.4. The average Bonchev–Trinajstić information content (AvgIpc) is 2.95. The fourth-order valence-electron chi connectivity index (χ4n) is 2.86. The number of piperidine rings is 1. The van der Waals surface area contributed by atoms with Crippen LogP contribution in [0.2, 0.25) is 10.0 Å². The number of nitrogen functional groups attached to an aromatic ring is 1. The van der Waals surface area contributed by atoms with E-state index in [-0.39, 0.29) is 11.7 Å². The molecule has 134 valence electrons. The molecule has 1 aromatic carbocycles. The molecule has 1 aliphatic rings. The lowest BCUT2D eigenvalue weighted by Crippen LogP contribution is -2.40. The highest BCUT2D eigenvalue weighted by Crippen LogP contribution is 2.30. The molecule has 1 saturated heterocycles. The molecule has 9 heteroatoms. The highest BCUT2D eigenvalue weighted by atomic mass is 35.5. The van der Waals surface area contributed by atoms with Crippen molar-refractivity contribution in [2.45, 2.75) is 24.9 Å². The molecule has 1 amide bonds. The normalized spacial score (nSPS) is 17.7. The van der Waals surface area contributed by atoms with Crippen LogP contribution in [0.15, 0.2) is 23.4 Å². The molecule has 1 unspecified atom stereocenters. The summed E-state index contributed by atoms with van der Waals surface area (Å²) in [6.07, 6.45) is 2.24. The first-order chi connectivity index (χ1) is 12.0. The Balaban J connectivity index is 1.69. The summed E-state index contributed by atoms with van der Waals surface area (Å²) < 4.78 is 1.34. The molecule has 1 fully saturated rings. The summed E-state index contributed by atoms with van der Waals surface area (Å²) in [5, 5.41) is 9.64. The molecular weight excluding hydrogens is 381 g/mol. The molecule has 2 aromatic rings. The van der Waals surface area contributed by atoms with Crippen LogP contribution in [0.3, 0.4) is 0 Å². The summed E-state index contributed by atoms with van der Waals surface area (Å²) in [6.45, 7) is 3.81. The molecule has 1 aliphatic heterocycles. The second kappa shape index (κ2) is 7.85. The van der Waals surface area contributed by atoms with Crippen LogP contribution in [0, 0.1) is 5.92 Å². The van der Waals surface area contributed by atoms with E-state index in [1.54, 1.807) is 18.2 Å². The molecule has 2 N–H and O–H groups in total. The van der Waals surface area contributed by atoms with Crippen molar-refractivity contribution in [3.8, 4) is 11.4 Å². The van der Waals surface area contributed by atoms with E-state index in [0.29, 0.717) is 32.5 Å². The van der Waals surface area contributed by atoms with Gasteiger partial charge in [-0.3, -0.25) is 4.79 Å². The number of nitrogens with two attached hydrogens (primary N) is 1. The van der Waals surface area contributed by atoms with Crippen LogP contribution >= 0.6 is 35.0 Å². The van der Waals surface area contributed by atoms with Gasteiger partial charge in [-0.15, -0.1) is 10.2 Å². The van der Waals surface area contributed by atoms with E-state index in [2.05, 4.69) is 17.1 Å². The van der Waals surface area contributed by atoms with Crippen LogP contribution in [-0.2, 0) is 4.79 Å². The second-order valence-corrected chi connectivity index (χ2v) is 7.96. The van der Waals surface area contributed by atoms with Gasteiger partial charge in [0.05, 0.1) is 10.8 Å². The van der Waals surface area contributed by atoms with Gasteiger partial charge in [-0.25, -0.2) is 4.68 Å². The van der Waals surface area contributed by atoms with Gasteiger partial charge in [-0.1, -0.05) is 41.9 Å². The Morgan fingerprint density at radius 2 is 2.20 bits per heavy atom. The van der Waals surface area contributed by atoms with Gasteiger partial charge in [0, 0.05) is 23.7 Å². The number of carbonyl (C=O) groups is 1. The number of hydrogen-bond donors (Lipinski definition) is 1. The number of aromatic nitrogens is 3. The summed E-state index contributed by atoms with van der Waals surface area (Å²) in [5.41, 5.74) is 0.604. The minimum absolute atomic E-state index is 0.0990. The van der Waals surface area contributed by atoms with Gasteiger partial charge in [-0.2, -0.15) is 0 Å². The van der Waals surface area contributed by atoms with E-state index in [0.717, 1.165) is 19.5 Å². The molecule has 6 nitrogen and oxygen atoms in total. The topological polar surface area (TPSA) is 77.0 Å². The molecule has 0 radical (unpaired) electrons. The van der Waals surface area contributed by atoms with E-state index in [1.807, 2.05) is 4.90 Å². The monoisotopic (exact) mass is 399 g/mol. The van der Waals surface area contributed by atoms with Gasteiger partial charge in [0.1, 0.15) is 0 Å². The zero-order valence-electron chi connectivity index (χ0n) is 13.8. The molecule has 2 heterocycles. The van der Waals surface area contributed by atoms with Crippen LogP contribution < -0.4 is 5.84 Å². The fourth-order valence-corrected chi connectivity index (χ4v) is 3.99. The third-order valence-corrected chi connectivity index (χ3v) is 5.66. The predicted octanol–water partition coefficient (Wildman–Crippen LogP) is 3.32. The summed E-state index contributed by atoms with van der Waals surface area (Å²) in [7, 11) is 0. The SMILES string of the molecule is CC1CCCN(C(=O)CSc2nnc(-c3cc(Cl)ccc3Cl)n2N)C1. The minimum atomic E-state index is 0.0990. The van der Waals surface area contributed by atoms with E-state index < -0.39 is 0 Å². The van der Waals surface area contributed by atoms with Gasteiger partial charge in [0.15, 0.2) is 5.82 Å².